The van der Waals surface area contributed by atoms with E-state index in [1.54, 1.807) is 11.9 Å². The number of aryl methyl sites for hydroxylation is 1. The van der Waals surface area contributed by atoms with Crippen LogP contribution in [0.1, 0.15) is 44.1 Å². The van der Waals surface area contributed by atoms with Crippen LogP contribution in [0.3, 0.4) is 0 Å². The van der Waals surface area contributed by atoms with E-state index in [0.29, 0.717) is 18.8 Å². The van der Waals surface area contributed by atoms with Gasteiger partial charge < -0.3 is 10.2 Å². The second kappa shape index (κ2) is 8.84. The Hall–Kier alpha value is -2.63. The average molecular weight is 370 g/mol. The molecule has 0 unspecified atom stereocenters. The van der Waals surface area contributed by atoms with Gasteiger partial charge in [-0.2, -0.15) is 5.10 Å². The minimum atomic E-state index is -0.0319. The van der Waals surface area contributed by atoms with E-state index in [1.807, 2.05) is 35.9 Å². The second-order valence-corrected chi connectivity index (χ2v) is 7.40. The van der Waals surface area contributed by atoms with Crippen LogP contribution in [0.25, 0.3) is 0 Å². The van der Waals surface area contributed by atoms with Gasteiger partial charge in [0.2, 0.25) is 11.8 Å². The lowest BCUT2D eigenvalue weighted by atomic mass is 10.1. The molecule has 2 rings (SSSR count). The number of hydrogen-bond donors (Lipinski definition) is 1. The highest BCUT2D eigenvalue weighted by atomic mass is 16.2. The van der Waals surface area contributed by atoms with Gasteiger partial charge in [-0.05, 0) is 56.0 Å². The molecule has 0 saturated carbocycles. The van der Waals surface area contributed by atoms with Crippen molar-refractivity contribution in [2.75, 3.05) is 17.3 Å². The van der Waals surface area contributed by atoms with E-state index in [2.05, 4.69) is 31.2 Å². The first kappa shape index (κ1) is 20.7. The number of nitrogens with one attached hydrogen (secondary N) is 1. The molecule has 0 aliphatic heterocycles. The molecule has 0 spiro atoms. The van der Waals surface area contributed by atoms with Crippen molar-refractivity contribution in [3.8, 4) is 0 Å². The SMILES string of the molecule is CC(=O)N(C)c1ccc(NC(=O)CCc2c(C)nn(CC(C)C)c2C)cc1. The van der Waals surface area contributed by atoms with E-state index in [0.717, 1.165) is 34.9 Å². The molecule has 1 heterocycles. The van der Waals surface area contributed by atoms with Crippen molar-refractivity contribution in [1.82, 2.24) is 9.78 Å². The van der Waals surface area contributed by atoms with Crippen LogP contribution in [0, 0.1) is 19.8 Å². The van der Waals surface area contributed by atoms with Crippen LogP contribution >= 0.6 is 0 Å². The third-order valence-electron chi connectivity index (χ3n) is 4.68. The maximum atomic E-state index is 12.3. The highest BCUT2D eigenvalue weighted by molar-refractivity contribution is 5.93. The Balaban J connectivity index is 1.95. The van der Waals surface area contributed by atoms with Gasteiger partial charge in [0.05, 0.1) is 5.69 Å². The first-order valence-corrected chi connectivity index (χ1v) is 9.36. The number of anilines is 2. The largest absolute Gasteiger partial charge is 0.326 e. The fourth-order valence-corrected chi connectivity index (χ4v) is 3.03. The van der Waals surface area contributed by atoms with Crippen LogP contribution < -0.4 is 10.2 Å². The first-order chi connectivity index (χ1) is 12.7. The summed E-state index contributed by atoms with van der Waals surface area (Å²) in [6, 6.07) is 7.26. The number of aromatic nitrogens is 2. The highest BCUT2D eigenvalue weighted by Gasteiger charge is 2.14. The van der Waals surface area contributed by atoms with Crippen LogP contribution in [0.2, 0.25) is 0 Å². The number of carbonyl (C=O) groups excluding carboxylic acids is 2. The van der Waals surface area contributed by atoms with Gasteiger partial charge in [-0.1, -0.05) is 13.8 Å². The molecule has 6 heteroatoms. The zero-order valence-corrected chi connectivity index (χ0v) is 17.2. The van der Waals surface area contributed by atoms with E-state index >= 15 is 0 Å². The Morgan fingerprint density at radius 3 is 2.37 bits per heavy atom. The monoisotopic (exact) mass is 370 g/mol. The molecule has 0 radical (unpaired) electrons. The molecule has 0 aliphatic carbocycles. The average Bonchev–Trinajstić information content (AvgIpc) is 2.85. The van der Waals surface area contributed by atoms with Gasteiger partial charge in [0.1, 0.15) is 0 Å². The van der Waals surface area contributed by atoms with Crippen LogP contribution in [-0.2, 0) is 22.6 Å². The third-order valence-corrected chi connectivity index (χ3v) is 4.68. The Bertz CT molecular complexity index is 806. The van der Waals surface area contributed by atoms with Gasteiger partial charge in [0.25, 0.3) is 0 Å². The summed E-state index contributed by atoms with van der Waals surface area (Å²) in [4.78, 5) is 25.3. The van der Waals surface area contributed by atoms with Crippen molar-refractivity contribution in [2.24, 2.45) is 5.92 Å². The maximum absolute atomic E-state index is 12.3. The molecule has 0 aliphatic rings. The fraction of sp³-hybridized carbons (Fsp3) is 0.476. The van der Waals surface area contributed by atoms with Gasteiger partial charge in [-0.15, -0.1) is 0 Å². The quantitative estimate of drug-likeness (QED) is 0.808. The molecular formula is C21H30N4O2. The highest BCUT2D eigenvalue weighted by Crippen LogP contribution is 2.19. The Kier molecular flexibility index (Phi) is 6.77. The van der Waals surface area contributed by atoms with Crippen molar-refractivity contribution in [3.63, 3.8) is 0 Å². The molecule has 2 amide bonds. The predicted octanol–water partition coefficient (Wildman–Crippen LogP) is 3.71. The van der Waals surface area contributed by atoms with E-state index in [-0.39, 0.29) is 11.8 Å². The molecule has 0 fully saturated rings. The topological polar surface area (TPSA) is 67.2 Å². The lowest BCUT2D eigenvalue weighted by Crippen LogP contribution is -2.22. The first-order valence-electron chi connectivity index (χ1n) is 9.36. The van der Waals surface area contributed by atoms with Crippen LogP contribution in [-0.4, -0.2) is 28.6 Å². The molecule has 0 atom stereocenters. The molecule has 2 aromatic rings. The zero-order chi connectivity index (χ0) is 20.1. The standard InChI is InChI=1S/C21H30N4O2/c1-14(2)13-25-16(4)20(15(3)23-25)11-12-21(27)22-18-7-9-19(10-8-18)24(6)17(5)26/h7-10,14H,11-13H2,1-6H3,(H,22,27). The Labute approximate surface area is 161 Å². The van der Waals surface area contributed by atoms with Gasteiger partial charge in [0, 0.05) is 44.0 Å². The summed E-state index contributed by atoms with van der Waals surface area (Å²) < 4.78 is 2.04. The number of benzene rings is 1. The molecular weight excluding hydrogens is 340 g/mol. The number of amides is 2. The zero-order valence-electron chi connectivity index (χ0n) is 17.2. The summed E-state index contributed by atoms with van der Waals surface area (Å²) in [5.41, 5.74) is 4.82. The fourth-order valence-electron chi connectivity index (χ4n) is 3.03. The minimum absolute atomic E-state index is 0.0296. The molecule has 1 N–H and O–H groups in total. The summed E-state index contributed by atoms with van der Waals surface area (Å²) >= 11 is 0. The molecule has 1 aromatic heterocycles. The number of nitrogens with zero attached hydrogens (tertiary/aromatic N) is 3. The third kappa shape index (κ3) is 5.42. The smallest absolute Gasteiger partial charge is 0.224 e. The normalized spacial score (nSPS) is 10.9. The molecule has 0 saturated heterocycles. The van der Waals surface area contributed by atoms with Crippen molar-refractivity contribution < 1.29 is 9.59 Å². The van der Waals surface area contributed by atoms with Crippen LogP contribution in [0.5, 0.6) is 0 Å². The molecule has 6 nitrogen and oxygen atoms in total. The number of rotatable bonds is 7. The lowest BCUT2D eigenvalue weighted by molar-refractivity contribution is -0.117. The molecule has 27 heavy (non-hydrogen) atoms. The van der Waals surface area contributed by atoms with Crippen molar-refractivity contribution in [1.29, 1.82) is 0 Å². The molecule has 146 valence electrons. The van der Waals surface area contributed by atoms with E-state index < -0.39 is 0 Å². The van der Waals surface area contributed by atoms with Crippen molar-refractivity contribution in [3.05, 3.63) is 41.2 Å². The molecule has 0 bridgehead atoms. The van der Waals surface area contributed by atoms with Gasteiger partial charge in [0.15, 0.2) is 0 Å². The van der Waals surface area contributed by atoms with E-state index in [9.17, 15) is 9.59 Å². The van der Waals surface area contributed by atoms with Gasteiger partial charge in [-0.25, -0.2) is 0 Å². The second-order valence-electron chi connectivity index (χ2n) is 7.40. The van der Waals surface area contributed by atoms with Gasteiger partial charge in [-0.3, -0.25) is 14.3 Å². The van der Waals surface area contributed by atoms with Crippen molar-refractivity contribution >= 4 is 23.2 Å². The minimum Gasteiger partial charge on any atom is -0.326 e. The summed E-state index contributed by atoms with van der Waals surface area (Å²) in [6.45, 7) is 10.8. The van der Waals surface area contributed by atoms with Gasteiger partial charge >= 0.3 is 0 Å². The van der Waals surface area contributed by atoms with E-state index in [4.69, 9.17) is 0 Å². The summed E-state index contributed by atoms with van der Waals surface area (Å²) in [5.74, 6) is 0.470. The lowest BCUT2D eigenvalue weighted by Gasteiger charge is -2.15. The summed E-state index contributed by atoms with van der Waals surface area (Å²) in [7, 11) is 1.72. The van der Waals surface area contributed by atoms with Crippen LogP contribution in [0.15, 0.2) is 24.3 Å². The summed E-state index contributed by atoms with van der Waals surface area (Å²) in [5, 5.41) is 7.52. The van der Waals surface area contributed by atoms with Crippen LogP contribution in [0.4, 0.5) is 11.4 Å². The van der Waals surface area contributed by atoms with Crippen molar-refractivity contribution in [2.45, 2.75) is 54.0 Å². The maximum Gasteiger partial charge on any atom is 0.224 e. The van der Waals surface area contributed by atoms with E-state index in [1.165, 1.54) is 6.92 Å². The number of hydrogen-bond acceptors (Lipinski definition) is 3. The predicted molar refractivity (Wildman–Crippen MR) is 109 cm³/mol. The summed E-state index contributed by atoms with van der Waals surface area (Å²) in [6.07, 6.45) is 1.08. The molecule has 1 aromatic carbocycles. The number of carbonyl (C=O) groups is 2. The Morgan fingerprint density at radius 2 is 1.81 bits per heavy atom. The Morgan fingerprint density at radius 1 is 1.19 bits per heavy atom.